The molecule has 1 aromatic rings. The monoisotopic (exact) mass is 385 g/mol. The number of nitrogens with zero attached hydrogens (tertiary/aromatic N) is 1. The lowest BCUT2D eigenvalue weighted by Crippen LogP contribution is -2.43. The number of benzene rings is 1. The van der Waals surface area contributed by atoms with Crippen LogP contribution in [0.2, 0.25) is 0 Å². The molecule has 2 atom stereocenters. The number of alkyl halides is 3. The Balaban J connectivity index is 2.38. The van der Waals surface area contributed by atoms with Crippen molar-refractivity contribution in [2.45, 2.75) is 50.4 Å². The highest BCUT2D eigenvalue weighted by Gasteiger charge is 2.38. The molecule has 6 nitrogen and oxygen atoms in total. The van der Waals surface area contributed by atoms with Gasteiger partial charge in [0.25, 0.3) is 0 Å². The molecule has 0 saturated heterocycles. The average molecular weight is 385 g/mol. The van der Waals surface area contributed by atoms with Crippen LogP contribution in [-0.2, 0) is 16.0 Å². The number of amides is 1. The zero-order valence-electron chi connectivity index (χ0n) is 14.6. The summed E-state index contributed by atoms with van der Waals surface area (Å²) in [6.07, 6.45) is -3.24. The minimum atomic E-state index is -4.93. The summed E-state index contributed by atoms with van der Waals surface area (Å²) in [7, 11) is 0. The van der Waals surface area contributed by atoms with Gasteiger partial charge in [0.15, 0.2) is 0 Å². The molecule has 27 heavy (non-hydrogen) atoms. The highest BCUT2D eigenvalue weighted by Crippen LogP contribution is 2.14. The van der Waals surface area contributed by atoms with Crippen LogP contribution in [0.15, 0.2) is 30.3 Å². The van der Waals surface area contributed by atoms with E-state index in [-0.39, 0.29) is 19.4 Å². The minimum absolute atomic E-state index is 0.140. The maximum absolute atomic E-state index is 12.0. The molecule has 148 valence electrons. The number of aryl methyl sites for hydroxylation is 1. The van der Waals surface area contributed by atoms with Crippen molar-refractivity contribution < 1.29 is 27.9 Å². The Morgan fingerprint density at radius 3 is 2.37 bits per heavy atom. The molecular weight excluding hydrogens is 363 g/mol. The number of hydrogen-bond acceptors (Lipinski definition) is 4. The number of nitriles is 1. The fraction of sp³-hybridized carbons (Fsp3) is 0.500. The van der Waals surface area contributed by atoms with E-state index in [1.165, 1.54) is 0 Å². The first-order valence-electron chi connectivity index (χ1n) is 8.51. The minimum Gasteiger partial charge on any atom is -0.480 e. The predicted molar refractivity (Wildman–Crippen MR) is 91.6 cm³/mol. The second-order valence-electron chi connectivity index (χ2n) is 6.01. The van der Waals surface area contributed by atoms with E-state index in [9.17, 15) is 33.1 Å². The fourth-order valence-corrected chi connectivity index (χ4v) is 2.44. The zero-order valence-corrected chi connectivity index (χ0v) is 14.6. The van der Waals surface area contributed by atoms with Crippen LogP contribution in [0.4, 0.5) is 13.2 Å². The standard InChI is InChI=1S/C18H22F3N3O3/c19-18(20,21)17(27)23-11-5-4-8-15(16(25)26)24-14(12-22)10-9-13-6-2-1-3-7-13/h1-3,6-7,14-15,24H,4-5,8-11H2,(H,23,27)(H,25,26)/t14?,15-/m0/s1. The molecule has 1 unspecified atom stereocenters. The van der Waals surface area contributed by atoms with Gasteiger partial charge in [-0.15, -0.1) is 0 Å². The maximum Gasteiger partial charge on any atom is 0.471 e. The molecule has 0 aromatic heterocycles. The van der Waals surface area contributed by atoms with Crippen molar-refractivity contribution >= 4 is 11.9 Å². The van der Waals surface area contributed by atoms with Crippen LogP contribution < -0.4 is 10.6 Å². The number of carbonyl (C=O) groups is 2. The molecule has 0 saturated carbocycles. The summed E-state index contributed by atoms with van der Waals surface area (Å²) in [5.41, 5.74) is 1.03. The molecule has 1 rings (SSSR count). The topological polar surface area (TPSA) is 102 Å². The molecule has 0 bridgehead atoms. The largest absolute Gasteiger partial charge is 0.480 e. The van der Waals surface area contributed by atoms with Gasteiger partial charge < -0.3 is 10.4 Å². The Morgan fingerprint density at radius 1 is 1.15 bits per heavy atom. The molecule has 0 aliphatic rings. The van der Waals surface area contributed by atoms with Crippen LogP contribution in [-0.4, -0.2) is 41.8 Å². The molecule has 0 radical (unpaired) electrons. The van der Waals surface area contributed by atoms with Crippen LogP contribution in [0.1, 0.15) is 31.2 Å². The van der Waals surface area contributed by atoms with Gasteiger partial charge in [0.05, 0.1) is 12.1 Å². The summed E-state index contributed by atoms with van der Waals surface area (Å²) in [6.45, 7) is -0.194. The average Bonchev–Trinajstić information content (AvgIpc) is 2.62. The van der Waals surface area contributed by atoms with E-state index >= 15 is 0 Å². The van der Waals surface area contributed by atoms with Crippen molar-refractivity contribution in [3.05, 3.63) is 35.9 Å². The second kappa shape index (κ2) is 11.2. The molecule has 1 aromatic carbocycles. The third-order valence-electron chi connectivity index (χ3n) is 3.88. The van der Waals surface area contributed by atoms with Gasteiger partial charge in [-0.05, 0) is 37.7 Å². The Hall–Kier alpha value is -2.60. The molecule has 3 N–H and O–H groups in total. The lowest BCUT2D eigenvalue weighted by molar-refractivity contribution is -0.173. The predicted octanol–water partition coefficient (Wildman–Crippen LogP) is 2.40. The summed E-state index contributed by atoms with van der Waals surface area (Å²) >= 11 is 0. The SMILES string of the molecule is N#CC(CCc1ccccc1)N[C@@H](CCCCNC(=O)C(F)(F)F)C(=O)O. The second-order valence-corrected chi connectivity index (χ2v) is 6.01. The van der Waals surface area contributed by atoms with Crippen molar-refractivity contribution in [3.8, 4) is 6.07 Å². The number of halogens is 3. The van der Waals surface area contributed by atoms with E-state index in [1.807, 2.05) is 36.4 Å². The highest BCUT2D eigenvalue weighted by molar-refractivity contribution is 5.81. The van der Waals surface area contributed by atoms with Crippen LogP contribution in [0.3, 0.4) is 0 Å². The molecule has 1 amide bonds. The summed E-state index contributed by atoms with van der Waals surface area (Å²) in [6, 6.07) is 9.86. The normalized spacial score (nSPS) is 13.4. The van der Waals surface area contributed by atoms with Gasteiger partial charge in [-0.3, -0.25) is 14.9 Å². The van der Waals surface area contributed by atoms with Crippen molar-refractivity contribution in [2.75, 3.05) is 6.54 Å². The Bertz CT molecular complexity index is 645. The van der Waals surface area contributed by atoms with Crippen molar-refractivity contribution in [2.24, 2.45) is 0 Å². The van der Waals surface area contributed by atoms with Crippen molar-refractivity contribution in [1.29, 1.82) is 5.26 Å². The summed E-state index contributed by atoms with van der Waals surface area (Å²) in [5.74, 6) is -3.14. The van der Waals surface area contributed by atoms with E-state index in [2.05, 4.69) is 5.32 Å². The molecule has 0 heterocycles. The number of rotatable bonds is 11. The third-order valence-corrected chi connectivity index (χ3v) is 3.88. The maximum atomic E-state index is 12.0. The lowest BCUT2D eigenvalue weighted by Gasteiger charge is -2.18. The quantitative estimate of drug-likeness (QED) is 0.508. The van der Waals surface area contributed by atoms with Gasteiger partial charge in [-0.25, -0.2) is 0 Å². The molecule has 0 fully saturated rings. The van der Waals surface area contributed by atoms with Crippen molar-refractivity contribution in [3.63, 3.8) is 0 Å². The van der Waals surface area contributed by atoms with Crippen LogP contribution in [0.5, 0.6) is 0 Å². The molecule has 9 heteroatoms. The first-order valence-corrected chi connectivity index (χ1v) is 8.51. The number of carboxylic acid groups (broad SMARTS) is 1. The summed E-state index contributed by atoms with van der Waals surface area (Å²) in [5, 5.41) is 23.0. The van der Waals surface area contributed by atoms with Crippen LogP contribution in [0.25, 0.3) is 0 Å². The highest BCUT2D eigenvalue weighted by atomic mass is 19.4. The van der Waals surface area contributed by atoms with Crippen LogP contribution >= 0.6 is 0 Å². The smallest absolute Gasteiger partial charge is 0.471 e. The third kappa shape index (κ3) is 9.06. The Kier molecular flexibility index (Phi) is 9.30. The number of hydrogen-bond donors (Lipinski definition) is 3. The van der Waals surface area contributed by atoms with Crippen molar-refractivity contribution in [1.82, 2.24) is 10.6 Å². The Morgan fingerprint density at radius 2 is 1.81 bits per heavy atom. The number of aliphatic carboxylic acids is 1. The first-order chi connectivity index (χ1) is 12.7. The van der Waals surface area contributed by atoms with E-state index in [1.54, 1.807) is 5.32 Å². The van der Waals surface area contributed by atoms with Crippen LogP contribution in [0, 0.1) is 11.3 Å². The number of nitrogens with one attached hydrogen (secondary N) is 2. The Labute approximate surface area is 155 Å². The molecule has 0 aliphatic heterocycles. The van der Waals surface area contributed by atoms with Gasteiger partial charge in [0, 0.05) is 6.54 Å². The number of carboxylic acids is 1. The summed E-state index contributed by atoms with van der Waals surface area (Å²) in [4.78, 5) is 22.0. The van der Waals surface area contributed by atoms with E-state index in [0.29, 0.717) is 19.3 Å². The fourth-order valence-electron chi connectivity index (χ4n) is 2.44. The van der Waals surface area contributed by atoms with E-state index in [0.717, 1.165) is 5.56 Å². The van der Waals surface area contributed by atoms with Gasteiger partial charge in [0.2, 0.25) is 0 Å². The van der Waals surface area contributed by atoms with Gasteiger partial charge >= 0.3 is 18.1 Å². The number of unbranched alkanes of at least 4 members (excludes halogenated alkanes) is 1. The summed E-state index contributed by atoms with van der Waals surface area (Å²) < 4.78 is 36.1. The van der Waals surface area contributed by atoms with E-state index < -0.39 is 30.1 Å². The molecule has 0 aliphatic carbocycles. The van der Waals surface area contributed by atoms with Gasteiger partial charge in [-0.1, -0.05) is 30.3 Å². The van der Waals surface area contributed by atoms with E-state index in [4.69, 9.17) is 0 Å². The van der Waals surface area contributed by atoms with Gasteiger partial charge in [0.1, 0.15) is 6.04 Å². The lowest BCUT2D eigenvalue weighted by atomic mass is 10.0. The molecule has 0 spiro atoms. The first kappa shape index (κ1) is 22.4. The zero-order chi connectivity index (χ0) is 20.3. The van der Waals surface area contributed by atoms with Gasteiger partial charge in [-0.2, -0.15) is 18.4 Å². The molecular formula is C18H22F3N3O3. The number of carbonyl (C=O) groups excluding carboxylic acids is 1.